The van der Waals surface area contributed by atoms with Crippen LogP contribution in [0.3, 0.4) is 0 Å². The number of carbonyl (C=O) groups is 4. The van der Waals surface area contributed by atoms with E-state index in [0.29, 0.717) is 22.3 Å². The van der Waals surface area contributed by atoms with Crippen LogP contribution in [0.4, 0.5) is 13.2 Å². The fourth-order valence-corrected chi connectivity index (χ4v) is 7.77. The summed E-state index contributed by atoms with van der Waals surface area (Å²) >= 11 is 0. The highest BCUT2D eigenvalue weighted by Gasteiger charge is 2.76. The number of rotatable bonds is 13. The van der Waals surface area contributed by atoms with Gasteiger partial charge in [0.15, 0.2) is 12.6 Å². The number of ether oxygens (including phenoxy) is 4. The molecule has 6 unspecified atom stereocenters. The Kier molecular flexibility index (Phi) is 10.8. The number of aliphatic hydroxyl groups is 1. The molecule has 2 amide bonds. The molecule has 6 atom stereocenters. The average Bonchev–Trinajstić information content (AvgIpc) is 3.76. The number of hydrogen-bond acceptors (Lipinski definition) is 11. The van der Waals surface area contributed by atoms with Crippen LogP contribution < -0.4 is 10.6 Å². The first kappa shape index (κ1) is 38.2. The number of amides is 2. The summed E-state index contributed by atoms with van der Waals surface area (Å²) in [5.74, 6) is -4.30. The van der Waals surface area contributed by atoms with Crippen molar-refractivity contribution in [3.63, 3.8) is 0 Å². The molecule has 7 rings (SSSR count). The molecule has 16 heteroatoms. The molecule has 1 aliphatic carbocycles. The lowest BCUT2D eigenvalue weighted by molar-refractivity contribution is -0.213. The number of halogens is 3. The first-order chi connectivity index (χ1) is 26.4. The van der Waals surface area contributed by atoms with Crippen molar-refractivity contribution in [1.82, 2.24) is 15.7 Å². The fourth-order valence-electron chi connectivity index (χ4n) is 7.77. The first-order valence-corrected chi connectivity index (χ1v) is 17.7. The third-order valence-electron chi connectivity index (χ3n) is 10.0. The molecular formula is C39H38F3N3O10. The van der Waals surface area contributed by atoms with Gasteiger partial charge in [0, 0.05) is 43.1 Å². The molecule has 3 saturated heterocycles. The van der Waals surface area contributed by atoms with Gasteiger partial charge >= 0.3 is 18.1 Å². The van der Waals surface area contributed by atoms with Gasteiger partial charge in [-0.1, -0.05) is 84.9 Å². The van der Waals surface area contributed by atoms with Crippen molar-refractivity contribution in [3.05, 3.63) is 113 Å². The molecule has 55 heavy (non-hydrogen) atoms. The zero-order valence-electron chi connectivity index (χ0n) is 29.3. The first-order valence-electron chi connectivity index (χ1n) is 17.7. The monoisotopic (exact) mass is 765 g/mol. The van der Waals surface area contributed by atoms with E-state index in [4.69, 9.17) is 24.2 Å². The molecule has 0 spiro atoms. The van der Waals surface area contributed by atoms with Crippen LogP contribution in [0.5, 0.6) is 0 Å². The smallest absolute Gasteiger partial charge is 0.422 e. The second-order valence-corrected chi connectivity index (χ2v) is 13.6. The molecule has 3 aromatic rings. The molecule has 0 radical (unpaired) electrons. The molecule has 1 saturated carbocycles. The van der Waals surface area contributed by atoms with Crippen molar-refractivity contribution < 1.29 is 61.2 Å². The quantitative estimate of drug-likeness (QED) is 0.173. The molecule has 0 aromatic heterocycles. The Morgan fingerprint density at radius 3 is 2.29 bits per heavy atom. The maximum absolute atomic E-state index is 14.5. The van der Waals surface area contributed by atoms with Crippen molar-refractivity contribution in [2.45, 2.75) is 61.8 Å². The Morgan fingerprint density at radius 1 is 0.927 bits per heavy atom. The van der Waals surface area contributed by atoms with Gasteiger partial charge in [0.25, 0.3) is 0 Å². The van der Waals surface area contributed by atoms with Crippen molar-refractivity contribution in [1.29, 1.82) is 0 Å². The number of fused-ring (bicyclic) bond motifs is 4. The van der Waals surface area contributed by atoms with Crippen LogP contribution >= 0.6 is 0 Å². The lowest BCUT2D eigenvalue weighted by Crippen LogP contribution is -2.69. The number of esters is 2. The predicted molar refractivity (Wildman–Crippen MR) is 185 cm³/mol. The number of alkyl halides is 3. The molecule has 3 aromatic carbocycles. The molecule has 3 N–H and O–H groups in total. The molecule has 3 heterocycles. The van der Waals surface area contributed by atoms with E-state index in [0.717, 1.165) is 6.08 Å². The van der Waals surface area contributed by atoms with Crippen LogP contribution in [0.1, 0.15) is 35.1 Å². The Morgan fingerprint density at radius 2 is 1.62 bits per heavy atom. The van der Waals surface area contributed by atoms with E-state index >= 15 is 0 Å². The SMILES string of the molecule is O=C(CCNC(=O)C12CC3OC(=O)C1N(Cc1cccc(C=CC(=O)OCC(F)(F)F)c1)OC2C1OC(c2ccccc2)(c2ccccc2)OC31)NCCO. The van der Waals surface area contributed by atoms with Gasteiger partial charge in [0.05, 0.1) is 13.2 Å². The van der Waals surface area contributed by atoms with Crippen LogP contribution in [0.25, 0.3) is 6.08 Å². The minimum absolute atomic E-state index is 0.0140. The van der Waals surface area contributed by atoms with Crippen LogP contribution in [-0.2, 0) is 55.3 Å². The minimum atomic E-state index is -4.67. The molecule has 4 aliphatic rings. The standard InChI is InChI=1S/C39H38F3N3O10/c40-38(41,42)23-51-30(48)15-14-24-8-7-9-25(20-24)22-45-33-35(49)52-28-21-37(33,36(50)44-17-16-29(47)43-18-19-46)34(55-45)32-31(28)53-39(54-32,26-10-3-1-4-11-26)27-12-5-2-6-13-27/h1-15,20,28,31-34,46H,16-19,21-23H2,(H,43,47)(H,44,50). The van der Waals surface area contributed by atoms with E-state index in [9.17, 15) is 32.3 Å². The van der Waals surface area contributed by atoms with Crippen molar-refractivity contribution in [2.24, 2.45) is 5.41 Å². The van der Waals surface area contributed by atoms with Gasteiger partial charge in [0.1, 0.15) is 29.8 Å². The van der Waals surface area contributed by atoms with Crippen LogP contribution in [-0.4, -0.2) is 96.9 Å². The third-order valence-corrected chi connectivity index (χ3v) is 10.0. The highest BCUT2D eigenvalue weighted by atomic mass is 19.4. The van der Waals surface area contributed by atoms with Crippen LogP contribution in [0, 0.1) is 5.41 Å². The zero-order chi connectivity index (χ0) is 38.8. The number of hydroxylamine groups is 2. The third kappa shape index (κ3) is 7.60. The van der Waals surface area contributed by atoms with E-state index in [2.05, 4.69) is 15.4 Å². The van der Waals surface area contributed by atoms with E-state index in [1.54, 1.807) is 24.3 Å². The second-order valence-electron chi connectivity index (χ2n) is 13.6. The number of carbonyl (C=O) groups excluding carboxylic acids is 4. The van der Waals surface area contributed by atoms with Gasteiger partial charge in [-0.15, -0.1) is 0 Å². The summed E-state index contributed by atoms with van der Waals surface area (Å²) < 4.78 is 61.5. The molecule has 13 nitrogen and oxygen atoms in total. The summed E-state index contributed by atoms with van der Waals surface area (Å²) in [6, 6.07) is 23.9. The van der Waals surface area contributed by atoms with Gasteiger partial charge in [-0.05, 0) is 17.2 Å². The van der Waals surface area contributed by atoms with Gasteiger partial charge < -0.3 is 34.7 Å². The molecular weight excluding hydrogens is 727 g/mol. The van der Waals surface area contributed by atoms with E-state index in [1.165, 1.54) is 11.1 Å². The van der Waals surface area contributed by atoms with Gasteiger partial charge in [-0.25, -0.2) is 4.79 Å². The normalized spacial score (nSPS) is 26.6. The summed E-state index contributed by atoms with van der Waals surface area (Å²) in [5.41, 5.74) is 0.790. The molecule has 3 aliphatic heterocycles. The maximum Gasteiger partial charge on any atom is 0.422 e. The molecule has 2 bridgehead atoms. The largest absolute Gasteiger partial charge is 0.458 e. The Hall–Kier alpha value is -5.13. The molecule has 290 valence electrons. The van der Waals surface area contributed by atoms with Gasteiger partial charge in [-0.3, -0.25) is 19.2 Å². The van der Waals surface area contributed by atoms with Crippen LogP contribution in [0.15, 0.2) is 91.0 Å². The summed E-state index contributed by atoms with van der Waals surface area (Å²) in [4.78, 5) is 59.4. The highest BCUT2D eigenvalue weighted by molar-refractivity contribution is 5.94. The van der Waals surface area contributed by atoms with E-state index in [-0.39, 0.29) is 45.0 Å². The second kappa shape index (κ2) is 15.5. The zero-order valence-corrected chi connectivity index (χ0v) is 29.3. The van der Waals surface area contributed by atoms with Crippen molar-refractivity contribution in [3.8, 4) is 0 Å². The van der Waals surface area contributed by atoms with E-state index in [1.807, 2.05) is 60.7 Å². The number of nitrogens with one attached hydrogen (secondary N) is 2. The van der Waals surface area contributed by atoms with Crippen LogP contribution in [0.2, 0.25) is 0 Å². The maximum atomic E-state index is 14.5. The molecule has 4 fully saturated rings. The lowest BCUT2D eigenvalue weighted by atomic mass is 9.62. The minimum Gasteiger partial charge on any atom is -0.458 e. The predicted octanol–water partition coefficient (Wildman–Crippen LogP) is 2.91. The van der Waals surface area contributed by atoms with Crippen molar-refractivity contribution in [2.75, 3.05) is 26.3 Å². The summed E-state index contributed by atoms with van der Waals surface area (Å²) in [6.07, 6.45) is -6.35. The fraction of sp³-hybridized carbons (Fsp3) is 0.385. The Labute approximate surface area is 313 Å². The average molecular weight is 766 g/mol. The topological polar surface area (TPSA) is 162 Å². The summed E-state index contributed by atoms with van der Waals surface area (Å²) in [6.45, 7) is -2.03. The number of benzene rings is 3. The number of aliphatic hydroxyl groups excluding tert-OH is 1. The Balaban J connectivity index is 1.21. The number of hydrogen-bond donors (Lipinski definition) is 3. The Bertz CT molecular complexity index is 1890. The van der Waals surface area contributed by atoms with Gasteiger partial charge in [-0.2, -0.15) is 18.2 Å². The summed E-state index contributed by atoms with van der Waals surface area (Å²) in [5, 5.41) is 15.8. The van der Waals surface area contributed by atoms with Gasteiger partial charge in [0.2, 0.25) is 17.6 Å². The lowest BCUT2D eigenvalue weighted by Gasteiger charge is -2.48. The summed E-state index contributed by atoms with van der Waals surface area (Å²) in [7, 11) is 0. The highest BCUT2D eigenvalue weighted by Crippen LogP contribution is 2.59. The van der Waals surface area contributed by atoms with E-state index < -0.39 is 72.3 Å². The number of nitrogens with zero attached hydrogens (tertiary/aromatic N) is 1. The van der Waals surface area contributed by atoms with Crippen molar-refractivity contribution >= 4 is 29.8 Å².